The SMILES string of the molecule is CC(=O)c1ccc(N2CCN(S(=O)(=O)c3cc(C(=O)N4CCCCC4)cs3)CC2)cc1. The fourth-order valence-electron chi connectivity index (χ4n) is 4.06. The second-order valence-electron chi connectivity index (χ2n) is 8.00. The highest BCUT2D eigenvalue weighted by molar-refractivity contribution is 7.91. The fourth-order valence-corrected chi connectivity index (χ4v) is 6.79. The Bertz CT molecular complexity index is 1050. The molecule has 0 bridgehead atoms. The number of nitrogens with zero attached hydrogens (tertiary/aromatic N) is 3. The largest absolute Gasteiger partial charge is 0.369 e. The summed E-state index contributed by atoms with van der Waals surface area (Å²) < 4.78 is 28.0. The van der Waals surface area contributed by atoms with E-state index >= 15 is 0 Å². The number of carbonyl (C=O) groups is 2. The topological polar surface area (TPSA) is 78.0 Å². The number of rotatable bonds is 5. The number of carbonyl (C=O) groups excluding carboxylic acids is 2. The van der Waals surface area contributed by atoms with Crippen LogP contribution in [0.1, 0.15) is 46.9 Å². The molecule has 0 aliphatic carbocycles. The van der Waals surface area contributed by atoms with E-state index in [2.05, 4.69) is 4.90 Å². The van der Waals surface area contributed by atoms with Crippen molar-refractivity contribution in [3.63, 3.8) is 0 Å². The predicted molar refractivity (Wildman–Crippen MR) is 121 cm³/mol. The molecule has 0 saturated carbocycles. The van der Waals surface area contributed by atoms with E-state index in [1.165, 1.54) is 17.3 Å². The van der Waals surface area contributed by atoms with Gasteiger partial charge in [0, 0.05) is 55.9 Å². The second-order valence-corrected chi connectivity index (χ2v) is 11.1. The maximum absolute atomic E-state index is 13.1. The minimum absolute atomic E-state index is 0.0246. The van der Waals surface area contributed by atoms with Crippen LogP contribution in [0.3, 0.4) is 0 Å². The number of piperidine rings is 1. The van der Waals surface area contributed by atoms with Crippen LogP contribution in [0.4, 0.5) is 5.69 Å². The maximum Gasteiger partial charge on any atom is 0.254 e. The van der Waals surface area contributed by atoms with Crippen molar-refractivity contribution in [2.45, 2.75) is 30.4 Å². The Balaban J connectivity index is 1.40. The molecule has 1 aromatic heterocycles. The number of hydrogen-bond acceptors (Lipinski definition) is 6. The Morgan fingerprint density at radius 3 is 2.13 bits per heavy atom. The molecule has 166 valence electrons. The number of anilines is 1. The second kappa shape index (κ2) is 9.10. The molecule has 2 saturated heterocycles. The van der Waals surface area contributed by atoms with Crippen LogP contribution in [0, 0.1) is 0 Å². The summed E-state index contributed by atoms with van der Waals surface area (Å²) in [4.78, 5) is 28.1. The predicted octanol–water partition coefficient (Wildman–Crippen LogP) is 3.09. The molecule has 2 fully saturated rings. The van der Waals surface area contributed by atoms with Crippen molar-refractivity contribution in [1.29, 1.82) is 0 Å². The number of likely N-dealkylation sites (tertiary alicyclic amines) is 1. The van der Waals surface area contributed by atoms with Crippen LogP contribution in [0.2, 0.25) is 0 Å². The van der Waals surface area contributed by atoms with Crippen molar-refractivity contribution in [2.24, 2.45) is 0 Å². The van der Waals surface area contributed by atoms with Gasteiger partial charge in [0.25, 0.3) is 15.9 Å². The maximum atomic E-state index is 13.1. The molecule has 0 spiro atoms. The van der Waals surface area contributed by atoms with Gasteiger partial charge in [-0.25, -0.2) is 8.42 Å². The van der Waals surface area contributed by atoms with Crippen LogP contribution in [0.25, 0.3) is 0 Å². The Morgan fingerprint density at radius 1 is 0.871 bits per heavy atom. The molecule has 1 amide bonds. The zero-order chi connectivity index (χ0) is 22.0. The number of piperazine rings is 1. The molecular weight excluding hydrogens is 434 g/mol. The molecule has 0 atom stereocenters. The molecule has 0 N–H and O–H groups in total. The van der Waals surface area contributed by atoms with Crippen LogP contribution >= 0.6 is 11.3 Å². The number of amides is 1. The van der Waals surface area contributed by atoms with Gasteiger partial charge in [-0.1, -0.05) is 0 Å². The summed E-state index contributed by atoms with van der Waals surface area (Å²) >= 11 is 1.12. The van der Waals surface area contributed by atoms with Gasteiger partial charge in [-0.3, -0.25) is 9.59 Å². The summed E-state index contributed by atoms with van der Waals surface area (Å²) in [6.07, 6.45) is 3.14. The first kappa shape index (κ1) is 22.0. The van der Waals surface area contributed by atoms with Gasteiger partial charge in [-0.05, 0) is 56.5 Å². The summed E-state index contributed by atoms with van der Waals surface area (Å²) in [6, 6.07) is 8.93. The van der Waals surface area contributed by atoms with Gasteiger partial charge >= 0.3 is 0 Å². The summed E-state index contributed by atoms with van der Waals surface area (Å²) in [6.45, 7) is 4.92. The number of thiophene rings is 1. The third kappa shape index (κ3) is 4.68. The van der Waals surface area contributed by atoms with Gasteiger partial charge in [0.2, 0.25) is 0 Å². The molecule has 3 heterocycles. The van der Waals surface area contributed by atoms with E-state index < -0.39 is 10.0 Å². The molecule has 7 nitrogen and oxygen atoms in total. The summed E-state index contributed by atoms with van der Waals surface area (Å²) in [5.41, 5.74) is 2.11. The molecule has 0 radical (unpaired) electrons. The van der Waals surface area contributed by atoms with Crippen molar-refractivity contribution < 1.29 is 18.0 Å². The van der Waals surface area contributed by atoms with Crippen LogP contribution in [-0.4, -0.2) is 68.6 Å². The molecule has 31 heavy (non-hydrogen) atoms. The number of sulfonamides is 1. The molecule has 0 unspecified atom stereocenters. The lowest BCUT2D eigenvalue weighted by Gasteiger charge is -2.35. The van der Waals surface area contributed by atoms with Crippen molar-refractivity contribution in [3.05, 3.63) is 46.8 Å². The van der Waals surface area contributed by atoms with E-state index in [1.54, 1.807) is 17.5 Å². The average molecular weight is 462 g/mol. The first-order valence-corrected chi connectivity index (χ1v) is 12.9. The van der Waals surface area contributed by atoms with Crippen molar-refractivity contribution in [2.75, 3.05) is 44.2 Å². The standard InChI is InChI=1S/C22H27N3O4S2/c1-17(26)18-5-7-20(8-6-18)23-11-13-25(14-12-23)31(28,29)21-15-19(16-30-21)22(27)24-9-3-2-4-10-24/h5-8,15-16H,2-4,9-14H2,1H3. The number of ketones is 1. The zero-order valence-electron chi connectivity index (χ0n) is 17.6. The van der Waals surface area contributed by atoms with Gasteiger partial charge in [0.05, 0.1) is 5.56 Å². The van der Waals surface area contributed by atoms with E-state index in [0.29, 0.717) is 37.3 Å². The molecular formula is C22H27N3O4S2. The minimum Gasteiger partial charge on any atom is -0.369 e. The van der Waals surface area contributed by atoms with Crippen LogP contribution < -0.4 is 4.90 Å². The lowest BCUT2D eigenvalue weighted by Crippen LogP contribution is -2.48. The smallest absolute Gasteiger partial charge is 0.254 e. The van der Waals surface area contributed by atoms with E-state index in [4.69, 9.17) is 0 Å². The Morgan fingerprint density at radius 2 is 1.52 bits per heavy atom. The average Bonchev–Trinajstić information content (AvgIpc) is 3.30. The Hall–Kier alpha value is -2.23. The summed E-state index contributed by atoms with van der Waals surface area (Å²) in [5, 5.41) is 1.66. The molecule has 4 rings (SSSR count). The van der Waals surface area contributed by atoms with Gasteiger partial charge in [-0.2, -0.15) is 4.31 Å². The Labute approximate surface area is 187 Å². The van der Waals surface area contributed by atoms with Crippen LogP contribution in [0.15, 0.2) is 39.9 Å². The van der Waals surface area contributed by atoms with Crippen LogP contribution in [-0.2, 0) is 10.0 Å². The summed E-state index contributed by atoms with van der Waals surface area (Å²) in [5.74, 6) is -0.0484. The molecule has 9 heteroatoms. The van der Waals surface area contributed by atoms with E-state index in [1.807, 2.05) is 17.0 Å². The zero-order valence-corrected chi connectivity index (χ0v) is 19.3. The molecule has 1 aromatic carbocycles. The summed E-state index contributed by atoms with van der Waals surface area (Å²) in [7, 11) is -3.62. The number of Topliss-reactive ketones (excluding diaryl/α,β-unsaturated/α-hetero) is 1. The number of hydrogen-bond donors (Lipinski definition) is 0. The highest BCUT2D eigenvalue weighted by Crippen LogP contribution is 2.27. The lowest BCUT2D eigenvalue weighted by atomic mass is 10.1. The van der Waals surface area contributed by atoms with Crippen molar-refractivity contribution in [1.82, 2.24) is 9.21 Å². The third-order valence-corrected chi connectivity index (χ3v) is 9.25. The molecule has 2 aliphatic rings. The van der Waals surface area contributed by atoms with Gasteiger partial charge < -0.3 is 9.80 Å². The Kier molecular flexibility index (Phi) is 6.45. The van der Waals surface area contributed by atoms with Gasteiger partial charge in [0.1, 0.15) is 4.21 Å². The first-order valence-electron chi connectivity index (χ1n) is 10.6. The molecule has 2 aliphatic heterocycles. The highest BCUT2D eigenvalue weighted by atomic mass is 32.2. The first-order chi connectivity index (χ1) is 14.9. The lowest BCUT2D eigenvalue weighted by molar-refractivity contribution is 0.0724. The minimum atomic E-state index is -3.62. The van der Waals surface area contributed by atoms with E-state index in [9.17, 15) is 18.0 Å². The van der Waals surface area contributed by atoms with Crippen molar-refractivity contribution >= 4 is 38.7 Å². The normalized spacial score (nSPS) is 18.2. The van der Waals surface area contributed by atoms with Crippen molar-refractivity contribution in [3.8, 4) is 0 Å². The third-order valence-electron chi connectivity index (χ3n) is 5.94. The quantitative estimate of drug-likeness (QED) is 0.640. The number of benzene rings is 1. The van der Waals surface area contributed by atoms with Gasteiger partial charge in [-0.15, -0.1) is 11.3 Å². The fraction of sp³-hybridized carbons (Fsp3) is 0.455. The highest BCUT2D eigenvalue weighted by Gasteiger charge is 2.31. The molecule has 2 aromatic rings. The van der Waals surface area contributed by atoms with E-state index in [-0.39, 0.29) is 15.9 Å². The monoisotopic (exact) mass is 461 g/mol. The van der Waals surface area contributed by atoms with E-state index in [0.717, 1.165) is 49.4 Å². The van der Waals surface area contributed by atoms with Crippen LogP contribution in [0.5, 0.6) is 0 Å². The van der Waals surface area contributed by atoms with Gasteiger partial charge in [0.15, 0.2) is 5.78 Å².